The zero-order valence-corrected chi connectivity index (χ0v) is 22.8. The van der Waals surface area contributed by atoms with E-state index in [1.54, 1.807) is 12.3 Å². The lowest BCUT2D eigenvalue weighted by Crippen LogP contribution is -2.22. The van der Waals surface area contributed by atoms with Crippen LogP contribution in [-0.2, 0) is 22.4 Å². The molecule has 0 saturated heterocycles. The Balaban J connectivity index is 1.50. The third kappa shape index (κ3) is 6.22. The maximum absolute atomic E-state index is 13.3. The number of aliphatic imine (C=N–C) groups is 1. The Hall–Kier alpha value is -5.12. The summed E-state index contributed by atoms with van der Waals surface area (Å²) in [6, 6.07) is 19.8. The smallest absolute Gasteiger partial charge is 0.269 e. The van der Waals surface area contributed by atoms with E-state index in [2.05, 4.69) is 20.6 Å². The third-order valence-electron chi connectivity index (χ3n) is 7.01. The lowest BCUT2D eigenvalue weighted by atomic mass is 9.89. The summed E-state index contributed by atoms with van der Waals surface area (Å²) in [5.41, 5.74) is 5.79. The van der Waals surface area contributed by atoms with Gasteiger partial charge in [0.25, 0.3) is 5.69 Å². The Morgan fingerprint density at radius 1 is 1.10 bits per heavy atom. The Morgan fingerprint density at radius 2 is 1.85 bits per heavy atom. The molecule has 208 valence electrons. The average molecular weight is 551 g/mol. The van der Waals surface area contributed by atoms with Gasteiger partial charge in [0.2, 0.25) is 11.8 Å². The number of imidazole rings is 1. The number of nitrogens with zero attached hydrogens (tertiary/aromatic N) is 3. The highest BCUT2D eigenvalue weighted by molar-refractivity contribution is 6.24. The summed E-state index contributed by atoms with van der Waals surface area (Å²) < 4.78 is 0. The van der Waals surface area contributed by atoms with Gasteiger partial charge < -0.3 is 15.6 Å². The van der Waals surface area contributed by atoms with Gasteiger partial charge in [-0.05, 0) is 47.7 Å². The maximum atomic E-state index is 13.3. The molecule has 41 heavy (non-hydrogen) atoms. The normalized spacial score (nSPS) is 14.4. The van der Waals surface area contributed by atoms with Crippen molar-refractivity contribution in [3.63, 3.8) is 0 Å². The van der Waals surface area contributed by atoms with Crippen molar-refractivity contribution in [1.82, 2.24) is 15.3 Å². The van der Waals surface area contributed by atoms with Gasteiger partial charge in [0.15, 0.2) is 0 Å². The largest absolute Gasteiger partial charge is 0.356 e. The van der Waals surface area contributed by atoms with Crippen LogP contribution in [0.25, 0.3) is 11.3 Å². The number of carbonyl (C=O) groups is 2. The molecule has 3 aromatic carbocycles. The first-order valence-corrected chi connectivity index (χ1v) is 13.5. The van der Waals surface area contributed by atoms with E-state index in [4.69, 9.17) is 4.99 Å². The van der Waals surface area contributed by atoms with Crippen molar-refractivity contribution in [2.24, 2.45) is 4.99 Å². The van der Waals surface area contributed by atoms with Crippen molar-refractivity contribution in [3.8, 4) is 11.3 Å². The van der Waals surface area contributed by atoms with Crippen molar-refractivity contribution >= 4 is 34.6 Å². The van der Waals surface area contributed by atoms with Crippen LogP contribution in [0.2, 0.25) is 0 Å². The molecule has 1 aliphatic rings. The quantitative estimate of drug-likeness (QED) is 0.104. The van der Waals surface area contributed by atoms with Gasteiger partial charge >= 0.3 is 0 Å². The first-order valence-electron chi connectivity index (χ1n) is 13.5. The molecular formula is C31H30N6O4. The molecule has 1 unspecified atom stereocenters. The zero-order valence-electron chi connectivity index (χ0n) is 22.8. The number of benzene rings is 3. The molecular weight excluding hydrogens is 520 g/mol. The van der Waals surface area contributed by atoms with Crippen LogP contribution in [0.4, 0.5) is 17.1 Å². The molecule has 0 fully saturated rings. The molecule has 0 saturated carbocycles. The molecule has 1 aliphatic heterocycles. The summed E-state index contributed by atoms with van der Waals surface area (Å²) in [7, 11) is 0. The number of aryl methyl sites for hydroxylation is 2. The minimum atomic E-state index is -0.824. The molecule has 0 spiro atoms. The van der Waals surface area contributed by atoms with Crippen molar-refractivity contribution in [3.05, 3.63) is 106 Å². The number of non-ortho nitro benzene ring substituents is 1. The van der Waals surface area contributed by atoms with Crippen molar-refractivity contribution in [2.45, 2.75) is 39.0 Å². The summed E-state index contributed by atoms with van der Waals surface area (Å²) in [4.78, 5) is 48.0. The summed E-state index contributed by atoms with van der Waals surface area (Å²) in [6.07, 6.45) is 4.18. The molecule has 0 radical (unpaired) electrons. The van der Waals surface area contributed by atoms with Crippen LogP contribution in [0.5, 0.6) is 0 Å². The zero-order chi connectivity index (χ0) is 28.9. The fourth-order valence-corrected chi connectivity index (χ4v) is 4.87. The predicted molar refractivity (Wildman–Crippen MR) is 158 cm³/mol. The van der Waals surface area contributed by atoms with Crippen LogP contribution >= 0.6 is 0 Å². The molecule has 5 rings (SSSR count). The number of H-pyrrole nitrogens is 1. The van der Waals surface area contributed by atoms with E-state index >= 15 is 0 Å². The average Bonchev–Trinajstić information content (AvgIpc) is 3.58. The van der Waals surface area contributed by atoms with E-state index in [9.17, 15) is 19.7 Å². The lowest BCUT2D eigenvalue weighted by molar-refractivity contribution is -0.384. The lowest BCUT2D eigenvalue weighted by Gasteiger charge is -2.15. The highest BCUT2D eigenvalue weighted by atomic mass is 16.6. The van der Waals surface area contributed by atoms with Crippen LogP contribution in [0, 0.1) is 10.1 Å². The number of anilines is 1. The summed E-state index contributed by atoms with van der Waals surface area (Å²) in [6.45, 7) is 4.12. The van der Waals surface area contributed by atoms with Gasteiger partial charge in [-0.1, -0.05) is 43.3 Å². The molecule has 3 N–H and O–H groups in total. The van der Waals surface area contributed by atoms with Gasteiger partial charge in [0.1, 0.15) is 11.7 Å². The van der Waals surface area contributed by atoms with Gasteiger partial charge in [-0.3, -0.25) is 24.7 Å². The number of carbonyl (C=O) groups excluding carboxylic acids is 2. The first-order chi connectivity index (χ1) is 19.8. The SMILES string of the molecule is CCc1ncc(-c2ccc(N=C(c3ccc(CCCNC(C)=O)cc3)C3C(=O)Nc4ccc([N+](=O)[O-])cc43)cc2)[nH]1. The predicted octanol–water partition coefficient (Wildman–Crippen LogP) is 5.47. The molecule has 10 nitrogen and oxygen atoms in total. The second-order valence-corrected chi connectivity index (χ2v) is 9.88. The Bertz CT molecular complexity index is 1620. The number of aromatic nitrogens is 2. The van der Waals surface area contributed by atoms with Gasteiger partial charge in [-0.2, -0.15) is 0 Å². The topological polar surface area (TPSA) is 142 Å². The molecule has 10 heteroatoms. The highest BCUT2D eigenvalue weighted by Crippen LogP contribution is 2.38. The number of fused-ring (bicyclic) bond motifs is 1. The van der Waals surface area contributed by atoms with Crippen LogP contribution in [0.15, 0.2) is 77.9 Å². The van der Waals surface area contributed by atoms with Crippen molar-refractivity contribution in [2.75, 3.05) is 11.9 Å². The van der Waals surface area contributed by atoms with E-state index in [-0.39, 0.29) is 17.5 Å². The van der Waals surface area contributed by atoms with Crippen LogP contribution in [-0.4, -0.2) is 39.0 Å². The number of nitrogens with one attached hydrogen (secondary N) is 3. The molecule has 1 atom stereocenters. The second kappa shape index (κ2) is 12.0. The van der Waals surface area contributed by atoms with Crippen LogP contribution < -0.4 is 10.6 Å². The molecule has 0 bridgehead atoms. The number of rotatable bonds is 10. The minimum absolute atomic E-state index is 0.0557. The summed E-state index contributed by atoms with van der Waals surface area (Å²) in [5, 5.41) is 17.2. The van der Waals surface area contributed by atoms with Gasteiger partial charge in [0.05, 0.1) is 28.2 Å². The van der Waals surface area contributed by atoms with Crippen molar-refractivity contribution < 1.29 is 14.5 Å². The number of amides is 2. The van der Waals surface area contributed by atoms with Crippen LogP contribution in [0.1, 0.15) is 48.7 Å². The summed E-state index contributed by atoms with van der Waals surface area (Å²) in [5.74, 6) is -0.266. The van der Waals surface area contributed by atoms with E-state index in [0.717, 1.165) is 47.5 Å². The molecule has 0 aliphatic carbocycles. The first kappa shape index (κ1) is 27.4. The van der Waals surface area contributed by atoms with Crippen LogP contribution in [0.3, 0.4) is 0 Å². The number of aromatic amines is 1. The summed E-state index contributed by atoms with van der Waals surface area (Å²) >= 11 is 0. The van der Waals surface area contributed by atoms with E-state index in [1.807, 2.05) is 55.5 Å². The van der Waals surface area contributed by atoms with E-state index in [0.29, 0.717) is 29.2 Å². The number of nitro benzene ring substituents is 1. The Kier molecular flexibility index (Phi) is 8.00. The number of nitro groups is 1. The van der Waals surface area contributed by atoms with Gasteiger partial charge in [-0.15, -0.1) is 0 Å². The number of hydrogen-bond donors (Lipinski definition) is 3. The highest BCUT2D eigenvalue weighted by Gasteiger charge is 2.36. The van der Waals surface area contributed by atoms with E-state index < -0.39 is 10.8 Å². The van der Waals surface area contributed by atoms with E-state index in [1.165, 1.54) is 19.1 Å². The maximum Gasteiger partial charge on any atom is 0.269 e. The Labute approximate surface area is 237 Å². The van der Waals surface area contributed by atoms with Crippen molar-refractivity contribution in [1.29, 1.82) is 0 Å². The molecule has 2 heterocycles. The van der Waals surface area contributed by atoms with Gasteiger partial charge in [-0.25, -0.2) is 4.98 Å². The molecule has 1 aromatic heterocycles. The standard InChI is InChI=1S/C31H30N6O4/c1-3-28-33-18-27(35-28)21-10-12-23(13-11-21)34-30(22-8-6-20(7-9-22)5-4-16-32-19(2)38)29-25-17-24(37(40)41)14-15-26(25)36-31(29)39/h6-15,17-18,29H,3-5,16H2,1-2H3,(H,32,38)(H,33,35)(H,36,39). The fraction of sp³-hybridized carbons (Fsp3) is 0.226. The van der Waals surface area contributed by atoms with Gasteiger partial charge in [0, 0.05) is 43.3 Å². The third-order valence-corrected chi connectivity index (χ3v) is 7.01. The Morgan fingerprint density at radius 3 is 2.51 bits per heavy atom. The molecule has 4 aromatic rings. The minimum Gasteiger partial charge on any atom is -0.356 e. The molecule has 2 amide bonds. The number of hydrogen-bond acceptors (Lipinski definition) is 6. The second-order valence-electron chi connectivity index (χ2n) is 9.88. The monoisotopic (exact) mass is 550 g/mol. The fourth-order valence-electron chi connectivity index (χ4n) is 4.87.